The van der Waals surface area contributed by atoms with Crippen LogP contribution in [-0.4, -0.2) is 67.2 Å². The van der Waals surface area contributed by atoms with Gasteiger partial charge in [-0.2, -0.15) is 0 Å². The van der Waals surface area contributed by atoms with E-state index in [4.69, 9.17) is 4.74 Å². The predicted octanol–water partition coefficient (Wildman–Crippen LogP) is 1.13. The maximum absolute atomic E-state index is 11.4. The van der Waals surface area contributed by atoms with Crippen LogP contribution in [0.25, 0.3) is 0 Å². The van der Waals surface area contributed by atoms with Crippen molar-refractivity contribution >= 4 is 17.0 Å². The van der Waals surface area contributed by atoms with Gasteiger partial charge in [0.15, 0.2) is 0 Å². The van der Waals surface area contributed by atoms with Crippen molar-refractivity contribution in [1.82, 2.24) is 9.80 Å². The lowest BCUT2D eigenvalue weighted by molar-refractivity contribution is -0.0312. The van der Waals surface area contributed by atoms with E-state index in [1.807, 2.05) is 14.0 Å². The maximum atomic E-state index is 11.4. The summed E-state index contributed by atoms with van der Waals surface area (Å²) < 4.78 is 5.66. The Hall–Kier alpha value is -0.700. The molecule has 1 saturated heterocycles. The molecule has 0 spiro atoms. The lowest BCUT2D eigenvalue weighted by atomic mass is 10.2. The van der Waals surface area contributed by atoms with Crippen LogP contribution in [0.2, 0.25) is 0 Å². The normalized spacial score (nSPS) is 20.5. The SMILES string of the molecule is CC#CCN1CCO[C@@H](CN(C)C(=O)SC)C1. The monoisotopic (exact) mass is 256 g/mol. The van der Waals surface area contributed by atoms with E-state index < -0.39 is 0 Å². The summed E-state index contributed by atoms with van der Waals surface area (Å²) in [5, 5.41) is 0.0825. The number of rotatable bonds is 3. The number of nitrogens with zero attached hydrogens (tertiary/aromatic N) is 2. The minimum atomic E-state index is 0.0825. The fourth-order valence-corrected chi connectivity index (χ4v) is 2.15. The summed E-state index contributed by atoms with van der Waals surface area (Å²) in [6, 6.07) is 0. The Labute approximate surface area is 108 Å². The molecule has 1 atom stereocenters. The number of morpholine rings is 1. The van der Waals surface area contributed by atoms with Gasteiger partial charge >= 0.3 is 0 Å². The van der Waals surface area contributed by atoms with Crippen LogP contribution in [0.1, 0.15) is 6.92 Å². The van der Waals surface area contributed by atoms with Gasteiger partial charge in [-0.25, -0.2) is 0 Å². The fourth-order valence-electron chi connectivity index (χ4n) is 1.76. The highest BCUT2D eigenvalue weighted by atomic mass is 32.2. The number of hydrogen-bond acceptors (Lipinski definition) is 4. The standard InChI is InChI=1S/C12H20N2O2S/c1-4-5-6-14-7-8-16-11(10-14)9-13(2)12(15)17-3/h11H,6-10H2,1-3H3/t11-/m0/s1. The van der Waals surface area contributed by atoms with Crippen LogP contribution in [0.15, 0.2) is 0 Å². The number of likely N-dealkylation sites (N-methyl/N-ethyl adjacent to an activating group) is 1. The van der Waals surface area contributed by atoms with Gasteiger partial charge in [0.2, 0.25) is 0 Å². The van der Waals surface area contributed by atoms with Crippen LogP contribution in [-0.2, 0) is 4.74 Å². The Kier molecular flexibility index (Phi) is 6.41. The highest BCUT2D eigenvalue weighted by molar-refractivity contribution is 8.12. The highest BCUT2D eigenvalue weighted by Gasteiger charge is 2.22. The Bertz CT molecular complexity index is 311. The van der Waals surface area contributed by atoms with E-state index >= 15 is 0 Å². The molecule has 1 rings (SSSR count). The van der Waals surface area contributed by atoms with Gasteiger partial charge in [-0.15, -0.1) is 5.92 Å². The maximum Gasteiger partial charge on any atom is 0.281 e. The molecule has 1 heterocycles. The molecule has 96 valence electrons. The fraction of sp³-hybridized carbons (Fsp3) is 0.750. The molecule has 4 nitrogen and oxygen atoms in total. The number of ether oxygens (including phenoxy) is 1. The van der Waals surface area contributed by atoms with Gasteiger partial charge < -0.3 is 9.64 Å². The molecule has 0 aromatic heterocycles. The van der Waals surface area contributed by atoms with E-state index in [2.05, 4.69) is 16.7 Å². The largest absolute Gasteiger partial charge is 0.374 e. The molecule has 1 fully saturated rings. The van der Waals surface area contributed by atoms with Gasteiger partial charge in [0.1, 0.15) is 0 Å². The zero-order valence-corrected chi connectivity index (χ0v) is 11.5. The summed E-state index contributed by atoms with van der Waals surface area (Å²) >= 11 is 1.23. The molecule has 1 aliphatic heterocycles. The van der Waals surface area contributed by atoms with Gasteiger partial charge in [0.25, 0.3) is 5.24 Å². The van der Waals surface area contributed by atoms with Crippen molar-refractivity contribution in [1.29, 1.82) is 0 Å². The van der Waals surface area contributed by atoms with Crippen LogP contribution in [0.4, 0.5) is 4.79 Å². The second-order valence-corrected chi connectivity index (χ2v) is 4.76. The third-order valence-electron chi connectivity index (χ3n) is 2.67. The lowest BCUT2D eigenvalue weighted by Gasteiger charge is -2.33. The Morgan fingerprint density at radius 1 is 1.65 bits per heavy atom. The predicted molar refractivity (Wildman–Crippen MR) is 71.2 cm³/mol. The average molecular weight is 256 g/mol. The highest BCUT2D eigenvalue weighted by Crippen LogP contribution is 2.09. The van der Waals surface area contributed by atoms with Gasteiger partial charge in [-0.1, -0.05) is 17.7 Å². The molecule has 5 heteroatoms. The van der Waals surface area contributed by atoms with E-state index in [0.717, 1.165) is 26.2 Å². The first-order valence-corrected chi connectivity index (χ1v) is 6.92. The number of carbonyl (C=O) groups is 1. The van der Waals surface area contributed by atoms with Crippen molar-refractivity contribution in [2.75, 3.05) is 46.1 Å². The molecular weight excluding hydrogens is 236 g/mol. The minimum Gasteiger partial charge on any atom is -0.374 e. The summed E-state index contributed by atoms with van der Waals surface area (Å²) in [7, 11) is 1.81. The van der Waals surface area contributed by atoms with E-state index in [1.165, 1.54) is 11.8 Å². The van der Waals surface area contributed by atoms with Crippen LogP contribution in [0, 0.1) is 11.8 Å². The van der Waals surface area contributed by atoms with Gasteiger partial charge in [-0.3, -0.25) is 9.69 Å². The average Bonchev–Trinajstić information content (AvgIpc) is 2.35. The van der Waals surface area contributed by atoms with Crippen molar-refractivity contribution in [3.05, 3.63) is 0 Å². The third-order valence-corrected chi connectivity index (χ3v) is 3.33. The van der Waals surface area contributed by atoms with Crippen molar-refractivity contribution in [3.63, 3.8) is 0 Å². The van der Waals surface area contributed by atoms with Gasteiger partial charge in [-0.05, 0) is 13.2 Å². The van der Waals surface area contributed by atoms with Crippen LogP contribution in [0.3, 0.4) is 0 Å². The van der Waals surface area contributed by atoms with Crippen molar-refractivity contribution in [2.45, 2.75) is 13.0 Å². The van der Waals surface area contributed by atoms with Crippen molar-refractivity contribution < 1.29 is 9.53 Å². The second kappa shape index (κ2) is 7.59. The number of carbonyl (C=O) groups excluding carboxylic acids is 1. The lowest BCUT2D eigenvalue weighted by Crippen LogP contribution is -2.47. The molecule has 17 heavy (non-hydrogen) atoms. The first-order valence-electron chi connectivity index (χ1n) is 5.70. The van der Waals surface area contributed by atoms with Gasteiger partial charge in [0.05, 0.1) is 19.3 Å². The Morgan fingerprint density at radius 3 is 3.06 bits per heavy atom. The van der Waals surface area contributed by atoms with Crippen molar-refractivity contribution in [2.24, 2.45) is 0 Å². The zero-order chi connectivity index (χ0) is 12.7. The molecule has 0 aromatic carbocycles. The van der Waals surface area contributed by atoms with E-state index in [1.54, 1.807) is 11.2 Å². The van der Waals surface area contributed by atoms with E-state index in [0.29, 0.717) is 6.54 Å². The summed E-state index contributed by atoms with van der Waals surface area (Å²) in [6.45, 7) is 5.78. The minimum absolute atomic E-state index is 0.0825. The topological polar surface area (TPSA) is 32.8 Å². The van der Waals surface area contributed by atoms with Gasteiger partial charge in [0, 0.05) is 26.7 Å². The van der Waals surface area contributed by atoms with Crippen LogP contribution >= 0.6 is 11.8 Å². The van der Waals surface area contributed by atoms with E-state index in [9.17, 15) is 4.79 Å². The first kappa shape index (κ1) is 14.4. The molecule has 0 aliphatic carbocycles. The molecule has 1 aliphatic rings. The third kappa shape index (κ3) is 4.99. The number of thioether (sulfide) groups is 1. The molecule has 0 radical (unpaired) electrons. The molecule has 0 N–H and O–H groups in total. The zero-order valence-electron chi connectivity index (χ0n) is 10.7. The second-order valence-electron chi connectivity index (χ2n) is 4.01. The molecule has 0 unspecified atom stereocenters. The smallest absolute Gasteiger partial charge is 0.281 e. The van der Waals surface area contributed by atoms with Crippen molar-refractivity contribution in [3.8, 4) is 11.8 Å². The summed E-state index contributed by atoms with van der Waals surface area (Å²) in [5.74, 6) is 5.96. The Balaban J connectivity index is 2.38. The summed E-state index contributed by atoms with van der Waals surface area (Å²) in [5.41, 5.74) is 0. The molecule has 0 saturated carbocycles. The quantitative estimate of drug-likeness (QED) is 0.709. The number of hydrogen-bond donors (Lipinski definition) is 0. The molecule has 1 amide bonds. The van der Waals surface area contributed by atoms with Crippen LogP contribution in [0.5, 0.6) is 0 Å². The summed E-state index contributed by atoms with van der Waals surface area (Å²) in [6.07, 6.45) is 1.90. The molecule has 0 aromatic rings. The van der Waals surface area contributed by atoms with E-state index in [-0.39, 0.29) is 11.3 Å². The summed E-state index contributed by atoms with van der Waals surface area (Å²) in [4.78, 5) is 15.4. The Morgan fingerprint density at radius 2 is 2.41 bits per heavy atom. The number of amides is 1. The van der Waals surface area contributed by atoms with Crippen LogP contribution < -0.4 is 0 Å². The first-order chi connectivity index (χ1) is 8.17. The molecule has 0 bridgehead atoms. The molecular formula is C12H20N2O2S.